The summed E-state index contributed by atoms with van der Waals surface area (Å²) in [6, 6.07) is 5.78. The Morgan fingerprint density at radius 3 is 2.38 bits per heavy atom. The van der Waals surface area contributed by atoms with Crippen LogP contribution in [0, 0.1) is 5.92 Å². The lowest BCUT2D eigenvalue weighted by atomic mass is 9.57. The zero-order valence-electron chi connectivity index (χ0n) is 9.69. The van der Waals surface area contributed by atoms with E-state index in [-0.39, 0.29) is 5.41 Å². The molecule has 1 aliphatic carbocycles. The Labute approximate surface area is 107 Å². The fourth-order valence-corrected chi connectivity index (χ4v) is 3.57. The Morgan fingerprint density at radius 2 is 2.00 bits per heavy atom. The van der Waals surface area contributed by atoms with Crippen molar-refractivity contribution >= 4 is 23.2 Å². The fourth-order valence-electron chi connectivity index (χ4n) is 2.79. The van der Waals surface area contributed by atoms with Gasteiger partial charge in [0.2, 0.25) is 0 Å². The minimum absolute atomic E-state index is 0.129. The summed E-state index contributed by atoms with van der Waals surface area (Å²) in [6.45, 7) is 3.22. The minimum atomic E-state index is 0.129. The molecule has 16 heavy (non-hydrogen) atoms. The largest absolute Gasteiger partial charge is 0.319 e. The Kier molecular flexibility index (Phi) is 3.48. The molecule has 2 rings (SSSR count). The van der Waals surface area contributed by atoms with Crippen LogP contribution in [0.3, 0.4) is 0 Å². The molecule has 2 unspecified atom stereocenters. The lowest BCUT2D eigenvalue weighted by Gasteiger charge is -2.49. The lowest BCUT2D eigenvalue weighted by molar-refractivity contribution is 0.137. The summed E-state index contributed by atoms with van der Waals surface area (Å²) in [6.07, 6.45) is 2.42. The van der Waals surface area contributed by atoms with Gasteiger partial charge in [0, 0.05) is 22.0 Å². The molecule has 1 aliphatic rings. The number of hydrogen-bond acceptors (Lipinski definition) is 1. The first-order chi connectivity index (χ1) is 7.62. The summed E-state index contributed by atoms with van der Waals surface area (Å²) in [5.74, 6) is 0.636. The molecule has 88 valence electrons. The highest BCUT2D eigenvalue weighted by Gasteiger charge is 2.46. The van der Waals surface area contributed by atoms with Gasteiger partial charge in [-0.05, 0) is 43.5 Å². The van der Waals surface area contributed by atoms with E-state index in [1.165, 1.54) is 12.8 Å². The van der Waals surface area contributed by atoms with Gasteiger partial charge in [0.25, 0.3) is 0 Å². The number of likely N-dealkylation sites (N-methyl/N-ethyl adjacent to an activating group) is 1. The van der Waals surface area contributed by atoms with Crippen molar-refractivity contribution in [3.63, 3.8) is 0 Å². The van der Waals surface area contributed by atoms with E-state index < -0.39 is 0 Å². The third kappa shape index (κ3) is 1.75. The van der Waals surface area contributed by atoms with Crippen LogP contribution in [0.15, 0.2) is 18.2 Å². The minimum Gasteiger partial charge on any atom is -0.319 e. The fraction of sp³-hybridized carbons (Fsp3) is 0.538. The van der Waals surface area contributed by atoms with Gasteiger partial charge in [-0.3, -0.25) is 0 Å². The van der Waals surface area contributed by atoms with E-state index in [1.54, 1.807) is 0 Å². The number of halogens is 2. The third-order valence-electron chi connectivity index (χ3n) is 3.92. The first-order valence-corrected chi connectivity index (χ1v) is 6.46. The molecule has 1 saturated carbocycles. The Hall–Kier alpha value is -0.240. The molecule has 3 heteroatoms. The molecule has 0 bridgehead atoms. The normalized spacial score (nSPS) is 28.9. The molecule has 0 radical (unpaired) electrons. The molecule has 2 atom stereocenters. The highest BCUT2D eigenvalue weighted by atomic mass is 35.5. The van der Waals surface area contributed by atoms with E-state index >= 15 is 0 Å². The van der Waals surface area contributed by atoms with Gasteiger partial charge in [-0.2, -0.15) is 0 Å². The summed E-state index contributed by atoms with van der Waals surface area (Å²) in [4.78, 5) is 0. The van der Waals surface area contributed by atoms with Crippen LogP contribution >= 0.6 is 23.2 Å². The molecule has 0 spiro atoms. The summed E-state index contributed by atoms with van der Waals surface area (Å²) in [5, 5.41) is 4.88. The smallest absolute Gasteiger partial charge is 0.0459 e. The number of nitrogens with one attached hydrogen (secondary N) is 1. The van der Waals surface area contributed by atoms with Gasteiger partial charge < -0.3 is 5.32 Å². The third-order valence-corrected chi connectivity index (χ3v) is 4.55. The van der Waals surface area contributed by atoms with Crippen molar-refractivity contribution in [1.82, 2.24) is 5.32 Å². The molecule has 1 aromatic rings. The van der Waals surface area contributed by atoms with Crippen LogP contribution in [0.5, 0.6) is 0 Å². The SMILES string of the molecule is CNCC1(c2c(Cl)cccc2Cl)CCC1C. The predicted octanol–water partition coefficient (Wildman–Crippen LogP) is 3.88. The monoisotopic (exact) mass is 257 g/mol. The lowest BCUT2D eigenvalue weighted by Crippen LogP contribution is -2.49. The summed E-state index contributed by atoms with van der Waals surface area (Å²) < 4.78 is 0. The van der Waals surface area contributed by atoms with Crippen molar-refractivity contribution in [2.24, 2.45) is 5.92 Å². The van der Waals surface area contributed by atoms with Gasteiger partial charge in [-0.25, -0.2) is 0 Å². The second kappa shape index (κ2) is 4.56. The van der Waals surface area contributed by atoms with Crippen molar-refractivity contribution < 1.29 is 0 Å². The van der Waals surface area contributed by atoms with Crippen LogP contribution in [-0.4, -0.2) is 13.6 Å². The van der Waals surface area contributed by atoms with E-state index in [0.717, 1.165) is 22.2 Å². The Balaban J connectivity index is 2.48. The molecule has 1 fully saturated rings. The van der Waals surface area contributed by atoms with Crippen molar-refractivity contribution in [2.45, 2.75) is 25.2 Å². The maximum atomic E-state index is 6.32. The summed E-state index contributed by atoms with van der Waals surface area (Å²) in [5.41, 5.74) is 1.26. The highest BCUT2D eigenvalue weighted by Crippen LogP contribution is 2.52. The van der Waals surface area contributed by atoms with Crippen LogP contribution in [-0.2, 0) is 5.41 Å². The second-order valence-corrected chi connectivity index (χ2v) is 5.54. The number of benzene rings is 1. The van der Waals surface area contributed by atoms with Crippen molar-refractivity contribution in [3.05, 3.63) is 33.8 Å². The topological polar surface area (TPSA) is 12.0 Å². The van der Waals surface area contributed by atoms with E-state index in [1.807, 2.05) is 25.2 Å². The summed E-state index contributed by atoms with van der Waals surface area (Å²) >= 11 is 12.6. The maximum absolute atomic E-state index is 6.32. The van der Waals surface area contributed by atoms with Crippen LogP contribution in [0.4, 0.5) is 0 Å². The van der Waals surface area contributed by atoms with Crippen molar-refractivity contribution in [1.29, 1.82) is 0 Å². The first-order valence-electron chi connectivity index (χ1n) is 5.71. The molecule has 1 N–H and O–H groups in total. The molecule has 0 aliphatic heterocycles. The van der Waals surface area contributed by atoms with Crippen LogP contribution in [0.2, 0.25) is 10.0 Å². The van der Waals surface area contributed by atoms with Crippen LogP contribution < -0.4 is 5.32 Å². The standard InChI is InChI=1S/C13H17Cl2N/c1-9-6-7-13(9,8-16-2)12-10(14)4-3-5-11(12)15/h3-5,9,16H,6-8H2,1-2H3. The Morgan fingerprint density at radius 1 is 1.38 bits per heavy atom. The molecule has 1 nitrogen and oxygen atoms in total. The first kappa shape index (κ1) is 12.2. The van der Waals surface area contributed by atoms with Gasteiger partial charge in [0.15, 0.2) is 0 Å². The van der Waals surface area contributed by atoms with E-state index in [9.17, 15) is 0 Å². The second-order valence-electron chi connectivity index (χ2n) is 4.72. The van der Waals surface area contributed by atoms with E-state index in [0.29, 0.717) is 5.92 Å². The van der Waals surface area contributed by atoms with E-state index in [4.69, 9.17) is 23.2 Å². The molecular formula is C13H17Cl2N. The van der Waals surface area contributed by atoms with Gasteiger partial charge in [0.05, 0.1) is 0 Å². The van der Waals surface area contributed by atoms with Gasteiger partial charge in [-0.1, -0.05) is 36.2 Å². The van der Waals surface area contributed by atoms with Crippen molar-refractivity contribution in [2.75, 3.05) is 13.6 Å². The predicted molar refractivity (Wildman–Crippen MR) is 70.5 cm³/mol. The maximum Gasteiger partial charge on any atom is 0.0459 e. The number of hydrogen-bond donors (Lipinski definition) is 1. The molecule has 0 amide bonds. The van der Waals surface area contributed by atoms with E-state index in [2.05, 4.69) is 12.2 Å². The quantitative estimate of drug-likeness (QED) is 0.867. The molecule has 0 heterocycles. The van der Waals surface area contributed by atoms with Crippen LogP contribution in [0.25, 0.3) is 0 Å². The van der Waals surface area contributed by atoms with Gasteiger partial charge >= 0.3 is 0 Å². The van der Waals surface area contributed by atoms with Gasteiger partial charge in [0.1, 0.15) is 0 Å². The molecular weight excluding hydrogens is 241 g/mol. The zero-order chi connectivity index (χ0) is 11.8. The average Bonchev–Trinajstić information content (AvgIpc) is 2.25. The molecule has 1 aromatic carbocycles. The molecule has 0 saturated heterocycles. The van der Waals surface area contributed by atoms with Gasteiger partial charge in [-0.15, -0.1) is 0 Å². The van der Waals surface area contributed by atoms with Crippen LogP contribution in [0.1, 0.15) is 25.3 Å². The Bertz CT molecular complexity index is 371. The zero-order valence-corrected chi connectivity index (χ0v) is 11.2. The number of rotatable bonds is 3. The molecule has 0 aromatic heterocycles. The average molecular weight is 258 g/mol. The van der Waals surface area contributed by atoms with Crippen molar-refractivity contribution in [3.8, 4) is 0 Å². The summed E-state index contributed by atoms with van der Waals surface area (Å²) in [7, 11) is 1.98. The highest BCUT2D eigenvalue weighted by molar-refractivity contribution is 6.36.